The molecule has 21 heavy (non-hydrogen) atoms. The maximum atomic E-state index is 12.1. The lowest BCUT2D eigenvalue weighted by Crippen LogP contribution is -2.40. The summed E-state index contributed by atoms with van der Waals surface area (Å²) in [5.41, 5.74) is 1.59. The van der Waals surface area contributed by atoms with E-state index in [0.717, 1.165) is 11.4 Å². The first-order valence-electron chi connectivity index (χ1n) is 6.75. The molecule has 1 aromatic carbocycles. The highest BCUT2D eigenvalue weighted by Crippen LogP contribution is 2.16. The third kappa shape index (κ3) is 3.07. The van der Waals surface area contributed by atoms with E-state index in [1.165, 1.54) is 6.33 Å². The van der Waals surface area contributed by atoms with E-state index in [2.05, 4.69) is 20.7 Å². The summed E-state index contributed by atoms with van der Waals surface area (Å²) in [6, 6.07) is 7.34. The second kappa shape index (κ2) is 5.74. The first-order chi connectivity index (χ1) is 10.2. The summed E-state index contributed by atoms with van der Waals surface area (Å²) >= 11 is 0. The van der Waals surface area contributed by atoms with Crippen LogP contribution in [0.2, 0.25) is 0 Å². The summed E-state index contributed by atoms with van der Waals surface area (Å²) in [5.74, 6) is -0.225. The summed E-state index contributed by atoms with van der Waals surface area (Å²) in [6.07, 6.45) is 4.07. The number of amides is 2. The third-order valence-electron chi connectivity index (χ3n) is 3.45. The van der Waals surface area contributed by atoms with Crippen molar-refractivity contribution in [3.8, 4) is 5.69 Å². The summed E-state index contributed by atoms with van der Waals surface area (Å²) in [7, 11) is 0. The molecule has 2 heterocycles. The minimum atomic E-state index is -0.169. The van der Waals surface area contributed by atoms with E-state index in [1.807, 2.05) is 24.3 Å². The molecule has 7 nitrogen and oxygen atoms in total. The predicted octanol–water partition coefficient (Wildman–Crippen LogP) is 0.732. The Morgan fingerprint density at radius 2 is 2.14 bits per heavy atom. The standard InChI is InChI=1S/C14H15N5O2/c20-13-6-1-10(7-16-13)14(21)18-11-2-4-12(5-3-11)19-9-15-8-17-19/h2-5,8-10H,1,6-7H2,(H,16,20)(H,18,21). The van der Waals surface area contributed by atoms with Crippen LogP contribution in [0.1, 0.15) is 12.8 Å². The van der Waals surface area contributed by atoms with Gasteiger partial charge in [-0.2, -0.15) is 5.10 Å². The number of carbonyl (C=O) groups excluding carboxylic acids is 2. The lowest BCUT2D eigenvalue weighted by Gasteiger charge is -2.21. The van der Waals surface area contributed by atoms with E-state index in [-0.39, 0.29) is 17.7 Å². The molecule has 7 heteroatoms. The molecule has 0 radical (unpaired) electrons. The van der Waals surface area contributed by atoms with Gasteiger partial charge in [0.15, 0.2) is 0 Å². The van der Waals surface area contributed by atoms with Gasteiger partial charge in [0.05, 0.1) is 11.6 Å². The zero-order valence-electron chi connectivity index (χ0n) is 11.3. The van der Waals surface area contributed by atoms with Gasteiger partial charge in [-0.15, -0.1) is 0 Å². The van der Waals surface area contributed by atoms with E-state index in [1.54, 1.807) is 11.0 Å². The van der Waals surface area contributed by atoms with Crippen molar-refractivity contribution in [1.82, 2.24) is 20.1 Å². The molecule has 1 atom stereocenters. The molecule has 2 N–H and O–H groups in total. The summed E-state index contributed by atoms with van der Waals surface area (Å²) in [5, 5.41) is 9.61. The van der Waals surface area contributed by atoms with Crippen LogP contribution in [0.15, 0.2) is 36.9 Å². The Balaban J connectivity index is 1.62. The Bertz CT molecular complexity index is 626. The zero-order valence-corrected chi connectivity index (χ0v) is 11.3. The van der Waals surface area contributed by atoms with Crippen LogP contribution >= 0.6 is 0 Å². The third-order valence-corrected chi connectivity index (χ3v) is 3.45. The topological polar surface area (TPSA) is 88.9 Å². The van der Waals surface area contributed by atoms with Crippen molar-refractivity contribution < 1.29 is 9.59 Å². The van der Waals surface area contributed by atoms with E-state index in [0.29, 0.717) is 19.4 Å². The minimum absolute atomic E-state index is 0.0104. The molecule has 1 aliphatic heterocycles. The first-order valence-corrected chi connectivity index (χ1v) is 6.75. The van der Waals surface area contributed by atoms with Crippen LogP contribution in [0.4, 0.5) is 5.69 Å². The van der Waals surface area contributed by atoms with Crippen LogP contribution in [-0.4, -0.2) is 33.1 Å². The number of hydrogen-bond donors (Lipinski definition) is 2. The number of benzene rings is 1. The Kier molecular flexibility index (Phi) is 3.63. The van der Waals surface area contributed by atoms with Gasteiger partial charge < -0.3 is 10.6 Å². The average molecular weight is 285 g/mol. The molecule has 1 aliphatic rings. The lowest BCUT2D eigenvalue weighted by molar-refractivity contribution is -0.126. The molecule has 108 valence electrons. The number of aromatic nitrogens is 3. The second-order valence-corrected chi connectivity index (χ2v) is 4.92. The number of piperidine rings is 1. The van der Waals surface area contributed by atoms with Gasteiger partial charge in [0.2, 0.25) is 11.8 Å². The second-order valence-electron chi connectivity index (χ2n) is 4.92. The Morgan fingerprint density at radius 1 is 1.33 bits per heavy atom. The average Bonchev–Trinajstić information content (AvgIpc) is 3.03. The van der Waals surface area contributed by atoms with Gasteiger partial charge in [-0.25, -0.2) is 9.67 Å². The van der Waals surface area contributed by atoms with Crippen molar-refractivity contribution in [2.45, 2.75) is 12.8 Å². The van der Waals surface area contributed by atoms with E-state index in [4.69, 9.17) is 0 Å². The number of nitrogens with zero attached hydrogens (tertiary/aromatic N) is 3. The highest BCUT2D eigenvalue weighted by molar-refractivity contribution is 5.94. The van der Waals surface area contributed by atoms with Crippen LogP contribution in [-0.2, 0) is 9.59 Å². The van der Waals surface area contributed by atoms with Gasteiger partial charge in [0.25, 0.3) is 0 Å². The molecule has 1 fully saturated rings. The molecular formula is C14H15N5O2. The lowest BCUT2D eigenvalue weighted by atomic mass is 9.98. The van der Waals surface area contributed by atoms with Crippen molar-refractivity contribution >= 4 is 17.5 Å². The molecule has 0 aliphatic carbocycles. The highest BCUT2D eigenvalue weighted by Gasteiger charge is 2.24. The van der Waals surface area contributed by atoms with Crippen LogP contribution in [0.5, 0.6) is 0 Å². The normalized spacial score (nSPS) is 18.1. The molecule has 1 saturated heterocycles. The van der Waals surface area contributed by atoms with Gasteiger partial charge >= 0.3 is 0 Å². The Labute approximate surface area is 121 Å². The van der Waals surface area contributed by atoms with Crippen LogP contribution in [0.25, 0.3) is 5.69 Å². The largest absolute Gasteiger partial charge is 0.355 e. The van der Waals surface area contributed by atoms with Crippen molar-refractivity contribution in [2.24, 2.45) is 5.92 Å². The zero-order chi connectivity index (χ0) is 14.7. The van der Waals surface area contributed by atoms with Gasteiger partial charge in [0, 0.05) is 18.7 Å². The molecule has 3 rings (SSSR count). The van der Waals surface area contributed by atoms with Gasteiger partial charge in [-0.3, -0.25) is 9.59 Å². The first kappa shape index (κ1) is 13.3. The molecular weight excluding hydrogens is 270 g/mol. The fraction of sp³-hybridized carbons (Fsp3) is 0.286. The fourth-order valence-corrected chi connectivity index (χ4v) is 2.24. The Hall–Kier alpha value is -2.70. The number of hydrogen-bond acceptors (Lipinski definition) is 4. The van der Waals surface area contributed by atoms with Gasteiger partial charge in [0.1, 0.15) is 12.7 Å². The van der Waals surface area contributed by atoms with Gasteiger partial charge in [-0.1, -0.05) is 0 Å². The molecule has 2 aromatic rings. The van der Waals surface area contributed by atoms with E-state index >= 15 is 0 Å². The van der Waals surface area contributed by atoms with Gasteiger partial charge in [-0.05, 0) is 30.7 Å². The molecule has 0 bridgehead atoms. The van der Waals surface area contributed by atoms with Crippen molar-refractivity contribution in [2.75, 3.05) is 11.9 Å². The molecule has 2 amide bonds. The van der Waals surface area contributed by atoms with Crippen molar-refractivity contribution in [3.63, 3.8) is 0 Å². The molecule has 0 saturated carbocycles. The number of carbonyl (C=O) groups is 2. The fourth-order valence-electron chi connectivity index (χ4n) is 2.24. The number of nitrogens with one attached hydrogen (secondary N) is 2. The smallest absolute Gasteiger partial charge is 0.229 e. The number of anilines is 1. The minimum Gasteiger partial charge on any atom is -0.355 e. The van der Waals surface area contributed by atoms with Crippen molar-refractivity contribution in [3.05, 3.63) is 36.9 Å². The molecule has 1 aromatic heterocycles. The van der Waals surface area contributed by atoms with Crippen LogP contribution in [0.3, 0.4) is 0 Å². The maximum Gasteiger partial charge on any atom is 0.229 e. The summed E-state index contributed by atoms with van der Waals surface area (Å²) < 4.78 is 1.64. The summed E-state index contributed by atoms with van der Waals surface area (Å²) in [4.78, 5) is 27.1. The maximum absolute atomic E-state index is 12.1. The van der Waals surface area contributed by atoms with Crippen molar-refractivity contribution in [1.29, 1.82) is 0 Å². The molecule has 0 spiro atoms. The van der Waals surface area contributed by atoms with Crippen LogP contribution < -0.4 is 10.6 Å². The number of rotatable bonds is 3. The molecule has 1 unspecified atom stereocenters. The van der Waals surface area contributed by atoms with E-state index < -0.39 is 0 Å². The summed E-state index contributed by atoms with van der Waals surface area (Å²) in [6.45, 7) is 0.404. The monoisotopic (exact) mass is 285 g/mol. The quantitative estimate of drug-likeness (QED) is 0.870. The SMILES string of the molecule is O=C1CCC(C(=O)Nc2ccc(-n3cncn3)cc2)CN1. The van der Waals surface area contributed by atoms with E-state index in [9.17, 15) is 9.59 Å². The highest BCUT2D eigenvalue weighted by atomic mass is 16.2. The van der Waals surface area contributed by atoms with Crippen LogP contribution in [0, 0.1) is 5.92 Å². The Morgan fingerprint density at radius 3 is 2.76 bits per heavy atom. The predicted molar refractivity (Wildman–Crippen MR) is 75.7 cm³/mol.